The van der Waals surface area contributed by atoms with E-state index in [-0.39, 0.29) is 6.09 Å². The minimum atomic E-state index is -0.452. The van der Waals surface area contributed by atoms with Gasteiger partial charge in [-0.2, -0.15) is 0 Å². The van der Waals surface area contributed by atoms with Gasteiger partial charge in [0.1, 0.15) is 5.60 Å². The predicted octanol–water partition coefficient (Wildman–Crippen LogP) is 2.24. The number of carbonyl (C=O) groups is 1. The third kappa shape index (κ3) is 6.18. The van der Waals surface area contributed by atoms with Crippen molar-refractivity contribution in [1.29, 1.82) is 0 Å². The average Bonchev–Trinajstić information content (AvgIpc) is 2.24. The van der Waals surface area contributed by atoms with Gasteiger partial charge in [0, 0.05) is 18.9 Å². The van der Waals surface area contributed by atoms with Crippen LogP contribution in [0.1, 0.15) is 38.6 Å². The van der Waals surface area contributed by atoms with Gasteiger partial charge in [0.15, 0.2) is 0 Å². The van der Waals surface area contributed by atoms with Gasteiger partial charge < -0.3 is 10.1 Å². The number of amides is 1. The van der Waals surface area contributed by atoms with Gasteiger partial charge in [0.25, 0.3) is 0 Å². The number of ether oxygens (including phenoxy) is 1. The van der Waals surface area contributed by atoms with E-state index in [0.717, 1.165) is 24.2 Å². The zero-order valence-corrected chi connectivity index (χ0v) is 11.5. The fourth-order valence-corrected chi connectivity index (χ4v) is 1.32. The van der Waals surface area contributed by atoms with Crippen LogP contribution in [0, 0.1) is 6.92 Å². The minimum Gasteiger partial charge on any atom is -0.444 e. The van der Waals surface area contributed by atoms with Crippen molar-refractivity contribution in [2.75, 3.05) is 6.54 Å². The van der Waals surface area contributed by atoms with Crippen LogP contribution in [0.3, 0.4) is 0 Å². The fourth-order valence-electron chi connectivity index (χ4n) is 1.32. The van der Waals surface area contributed by atoms with Crippen LogP contribution in [0.4, 0.5) is 4.79 Å². The summed E-state index contributed by atoms with van der Waals surface area (Å²) in [5, 5.41) is 2.71. The van der Waals surface area contributed by atoms with Crippen molar-refractivity contribution in [2.45, 2.75) is 46.1 Å². The van der Waals surface area contributed by atoms with Gasteiger partial charge in [-0.25, -0.2) is 4.79 Å². The highest BCUT2D eigenvalue weighted by atomic mass is 16.6. The molecule has 0 bridgehead atoms. The zero-order valence-electron chi connectivity index (χ0n) is 11.5. The number of hydrogen-bond acceptors (Lipinski definition) is 4. The quantitative estimate of drug-likeness (QED) is 0.833. The Kier molecular flexibility index (Phi) is 5.07. The van der Waals surface area contributed by atoms with E-state index in [2.05, 4.69) is 15.3 Å². The van der Waals surface area contributed by atoms with Crippen LogP contribution >= 0.6 is 0 Å². The molecule has 1 amide bonds. The number of hydrogen-bond donors (Lipinski definition) is 1. The number of rotatable bonds is 4. The third-order valence-corrected chi connectivity index (χ3v) is 2.11. The molecule has 0 aliphatic carbocycles. The Hall–Kier alpha value is -1.65. The lowest BCUT2D eigenvalue weighted by atomic mass is 10.2. The van der Waals surface area contributed by atoms with E-state index < -0.39 is 5.60 Å². The lowest BCUT2D eigenvalue weighted by Crippen LogP contribution is -2.33. The molecule has 0 unspecified atom stereocenters. The molecule has 0 saturated heterocycles. The molecule has 0 aromatic carbocycles. The highest BCUT2D eigenvalue weighted by molar-refractivity contribution is 5.67. The van der Waals surface area contributed by atoms with Crippen molar-refractivity contribution < 1.29 is 9.53 Å². The lowest BCUT2D eigenvalue weighted by Gasteiger charge is -2.19. The molecule has 0 radical (unpaired) electrons. The van der Waals surface area contributed by atoms with Crippen LogP contribution in [0.5, 0.6) is 0 Å². The molecule has 0 atom stereocenters. The van der Waals surface area contributed by atoms with Crippen LogP contribution in [-0.4, -0.2) is 28.2 Å². The average molecular weight is 251 g/mol. The Morgan fingerprint density at radius 2 is 2.06 bits per heavy atom. The summed E-state index contributed by atoms with van der Waals surface area (Å²) in [4.78, 5) is 19.8. The van der Waals surface area contributed by atoms with Gasteiger partial charge in [-0.05, 0) is 40.5 Å². The number of nitrogens with one attached hydrogen (secondary N) is 1. The van der Waals surface area contributed by atoms with Crippen molar-refractivity contribution >= 4 is 6.09 Å². The first kappa shape index (κ1) is 14.4. The number of carbonyl (C=O) groups excluding carboxylic acids is 1. The Bertz CT molecular complexity index is 382. The summed E-state index contributed by atoms with van der Waals surface area (Å²) in [7, 11) is 0. The molecule has 0 aliphatic rings. The van der Waals surface area contributed by atoms with Gasteiger partial charge in [0.05, 0.1) is 11.4 Å². The minimum absolute atomic E-state index is 0.377. The molecule has 1 N–H and O–H groups in total. The van der Waals surface area contributed by atoms with Gasteiger partial charge >= 0.3 is 6.09 Å². The topological polar surface area (TPSA) is 64.1 Å². The molecule has 1 rings (SSSR count). The fraction of sp³-hybridized carbons (Fsp3) is 0.615. The maximum absolute atomic E-state index is 11.4. The molecule has 1 aromatic rings. The van der Waals surface area contributed by atoms with Crippen LogP contribution in [0.2, 0.25) is 0 Å². The van der Waals surface area contributed by atoms with E-state index in [0.29, 0.717) is 6.54 Å². The van der Waals surface area contributed by atoms with Crippen LogP contribution in [0.15, 0.2) is 12.4 Å². The van der Waals surface area contributed by atoms with Crippen molar-refractivity contribution in [3.8, 4) is 0 Å². The van der Waals surface area contributed by atoms with Gasteiger partial charge in [-0.3, -0.25) is 9.97 Å². The molecule has 1 aromatic heterocycles. The number of nitrogens with zero attached hydrogens (tertiary/aromatic N) is 2. The summed E-state index contributed by atoms with van der Waals surface area (Å²) in [6.45, 7) is 8.00. The van der Waals surface area contributed by atoms with Crippen molar-refractivity contribution in [1.82, 2.24) is 15.3 Å². The van der Waals surface area contributed by atoms with E-state index in [9.17, 15) is 4.79 Å². The summed E-state index contributed by atoms with van der Waals surface area (Å²) in [6, 6.07) is 0. The van der Waals surface area contributed by atoms with Crippen molar-refractivity contribution in [3.63, 3.8) is 0 Å². The first-order chi connectivity index (χ1) is 8.37. The molecule has 0 fully saturated rings. The molecule has 0 saturated carbocycles. The Morgan fingerprint density at radius 3 is 2.61 bits per heavy atom. The Labute approximate surface area is 108 Å². The summed E-state index contributed by atoms with van der Waals surface area (Å²) in [5.41, 5.74) is 1.39. The zero-order chi connectivity index (χ0) is 13.6. The molecule has 1 heterocycles. The highest BCUT2D eigenvalue weighted by Gasteiger charge is 2.15. The van der Waals surface area contributed by atoms with Gasteiger partial charge in [-0.1, -0.05) is 0 Å². The molecular formula is C13H21N3O2. The van der Waals surface area contributed by atoms with E-state index in [4.69, 9.17) is 4.74 Å². The standard InChI is InChI=1S/C13H21N3O2/c1-10-8-16-11(9-15-10)6-5-7-14-12(17)18-13(2,3)4/h8-9H,5-7H2,1-4H3,(H,14,17). The monoisotopic (exact) mass is 251 g/mol. The smallest absolute Gasteiger partial charge is 0.407 e. The second-order valence-electron chi connectivity index (χ2n) is 5.18. The van der Waals surface area contributed by atoms with E-state index in [1.54, 1.807) is 12.4 Å². The summed E-state index contributed by atoms with van der Waals surface area (Å²) in [6.07, 6.45) is 4.75. The largest absolute Gasteiger partial charge is 0.444 e. The van der Waals surface area contributed by atoms with E-state index >= 15 is 0 Å². The van der Waals surface area contributed by atoms with Crippen LogP contribution < -0.4 is 5.32 Å². The van der Waals surface area contributed by atoms with Gasteiger partial charge in [0.2, 0.25) is 0 Å². The second-order valence-corrected chi connectivity index (χ2v) is 5.18. The first-order valence-electron chi connectivity index (χ1n) is 6.11. The molecule has 100 valence electrons. The SMILES string of the molecule is Cc1cnc(CCCNC(=O)OC(C)(C)C)cn1. The maximum atomic E-state index is 11.4. The number of alkyl carbamates (subject to hydrolysis) is 1. The predicted molar refractivity (Wildman–Crippen MR) is 69.3 cm³/mol. The molecule has 5 nitrogen and oxygen atoms in total. The highest BCUT2D eigenvalue weighted by Crippen LogP contribution is 2.06. The van der Waals surface area contributed by atoms with Crippen LogP contribution in [-0.2, 0) is 11.2 Å². The molecule has 0 spiro atoms. The second kappa shape index (κ2) is 6.33. The summed E-state index contributed by atoms with van der Waals surface area (Å²) >= 11 is 0. The lowest BCUT2D eigenvalue weighted by molar-refractivity contribution is 0.0527. The Balaban J connectivity index is 2.19. The number of aromatic nitrogens is 2. The van der Waals surface area contributed by atoms with Crippen LogP contribution in [0.25, 0.3) is 0 Å². The molecule has 0 aliphatic heterocycles. The number of aryl methyl sites for hydroxylation is 2. The van der Waals surface area contributed by atoms with Crippen molar-refractivity contribution in [2.24, 2.45) is 0 Å². The van der Waals surface area contributed by atoms with E-state index in [1.807, 2.05) is 27.7 Å². The molecular weight excluding hydrogens is 230 g/mol. The molecule has 18 heavy (non-hydrogen) atoms. The maximum Gasteiger partial charge on any atom is 0.407 e. The Morgan fingerprint density at radius 1 is 1.33 bits per heavy atom. The van der Waals surface area contributed by atoms with Gasteiger partial charge in [-0.15, -0.1) is 0 Å². The first-order valence-corrected chi connectivity index (χ1v) is 6.11. The van der Waals surface area contributed by atoms with Crippen molar-refractivity contribution in [3.05, 3.63) is 23.8 Å². The van der Waals surface area contributed by atoms with E-state index in [1.165, 1.54) is 0 Å². The molecule has 5 heteroatoms. The summed E-state index contributed by atoms with van der Waals surface area (Å²) < 4.78 is 5.13. The third-order valence-electron chi connectivity index (χ3n) is 2.11. The summed E-state index contributed by atoms with van der Waals surface area (Å²) in [5.74, 6) is 0. The normalized spacial score (nSPS) is 11.1.